The first-order valence-electron chi connectivity index (χ1n) is 8.72. The molecule has 31 heavy (non-hydrogen) atoms. The lowest BCUT2D eigenvalue weighted by molar-refractivity contribution is -0.187. The fourth-order valence-electron chi connectivity index (χ4n) is 3.25. The number of fused-ring (bicyclic) bond motifs is 2. The molecule has 0 heterocycles. The van der Waals surface area contributed by atoms with E-state index in [0.717, 1.165) is 18.2 Å². The molecule has 160 valence electrons. The van der Waals surface area contributed by atoms with Gasteiger partial charge in [-0.15, -0.1) is 0 Å². The maximum atomic E-state index is 14.7. The number of benzene rings is 4. The van der Waals surface area contributed by atoms with Crippen molar-refractivity contribution in [2.45, 2.75) is 13.0 Å². The molecule has 4 rings (SSSR count). The molecule has 0 radical (unpaired) electrons. The highest BCUT2D eigenvalue weighted by molar-refractivity contribution is 6.36. The lowest BCUT2D eigenvalue weighted by atomic mass is 10.0. The first kappa shape index (κ1) is 21.2. The van der Waals surface area contributed by atoms with Crippen molar-refractivity contribution in [3.63, 3.8) is 0 Å². The van der Waals surface area contributed by atoms with E-state index in [1.165, 1.54) is 12.1 Å². The van der Waals surface area contributed by atoms with Crippen LogP contribution in [0.5, 0.6) is 5.75 Å². The van der Waals surface area contributed by atoms with Crippen LogP contribution in [0.1, 0.15) is 11.1 Å². The summed E-state index contributed by atoms with van der Waals surface area (Å²) >= 11 is 5.98. The highest BCUT2D eigenvalue weighted by Crippen LogP contribution is 2.39. The lowest BCUT2D eigenvalue weighted by Gasteiger charge is -2.20. The third kappa shape index (κ3) is 3.44. The van der Waals surface area contributed by atoms with Gasteiger partial charge in [-0.25, -0.2) is 22.0 Å². The largest absolute Gasteiger partial charge is 0.429 e. The second kappa shape index (κ2) is 7.30. The predicted molar refractivity (Wildman–Crippen MR) is 102 cm³/mol. The summed E-state index contributed by atoms with van der Waals surface area (Å²) in [5.41, 5.74) is -0.968. The summed E-state index contributed by atoms with van der Waals surface area (Å²) in [6.45, 7) is 1.54. The van der Waals surface area contributed by atoms with Crippen LogP contribution in [0, 0.1) is 36.0 Å². The van der Waals surface area contributed by atoms with Gasteiger partial charge in [0.2, 0.25) is 0 Å². The van der Waals surface area contributed by atoms with Crippen LogP contribution in [0.15, 0.2) is 42.5 Å². The molecule has 0 saturated heterocycles. The smallest absolute Gasteiger partial charge is 0.429 e. The summed E-state index contributed by atoms with van der Waals surface area (Å²) in [5.74, 6) is -8.77. The van der Waals surface area contributed by atoms with Crippen LogP contribution in [0.25, 0.3) is 21.5 Å². The first-order valence-corrected chi connectivity index (χ1v) is 9.10. The van der Waals surface area contributed by atoms with Gasteiger partial charge < -0.3 is 4.74 Å². The van der Waals surface area contributed by atoms with E-state index >= 15 is 0 Å². The minimum atomic E-state index is -4.36. The monoisotopic (exact) mass is 458 g/mol. The molecular weight excluding hydrogens is 449 g/mol. The zero-order valence-corrected chi connectivity index (χ0v) is 16.2. The van der Waals surface area contributed by atoms with Crippen molar-refractivity contribution in [3.8, 4) is 5.75 Å². The Morgan fingerprint density at radius 2 is 1.48 bits per heavy atom. The van der Waals surface area contributed by atoms with E-state index in [9.17, 15) is 30.7 Å². The number of hydrogen-bond donors (Lipinski definition) is 0. The Morgan fingerprint density at radius 1 is 0.774 bits per heavy atom. The van der Waals surface area contributed by atoms with Crippen molar-refractivity contribution in [2.75, 3.05) is 0 Å². The first-order chi connectivity index (χ1) is 14.5. The number of alkyl halides is 2. The van der Waals surface area contributed by atoms with Gasteiger partial charge in [-0.3, -0.25) is 0 Å². The Labute approximate surface area is 175 Å². The molecular formula is C22H10ClF7O. The van der Waals surface area contributed by atoms with Crippen molar-refractivity contribution in [1.29, 1.82) is 0 Å². The predicted octanol–water partition coefficient (Wildman–Crippen LogP) is 7.78. The summed E-state index contributed by atoms with van der Waals surface area (Å²) in [4.78, 5) is 0. The van der Waals surface area contributed by atoms with E-state index in [2.05, 4.69) is 4.74 Å². The zero-order valence-electron chi connectivity index (χ0n) is 15.5. The molecule has 0 unspecified atom stereocenters. The number of halogens is 8. The average Bonchev–Trinajstić information content (AvgIpc) is 2.71. The fourth-order valence-corrected chi connectivity index (χ4v) is 3.50. The zero-order chi connectivity index (χ0) is 22.7. The maximum Gasteiger partial charge on any atom is 0.429 e. The minimum Gasteiger partial charge on any atom is -0.429 e. The lowest BCUT2D eigenvalue weighted by Crippen LogP contribution is -2.24. The van der Waals surface area contributed by atoms with Gasteiger partial charge in [0.05, 0.1) is 5.02 Å². The van der Waals surface area contributed by atoms with Gasteiger partial charge >= 0.3 is 6.11 Å². The normalized spacial score (nSPS) is 12.0. The van der Waals surface area contributed by atoms with Gasteiger partial charge in [0.15, 0.2) is 29.1 Å². The van der Waals surface area contributed by atoms with Crippen LogP contribution in [0.2, 0.25) is 5.02 Å². The molecule has 0 aromatic heterocycles. The van der Waals surface area contributed by atoms with E-state index in [1.54, 1.807) is 6.92 Å². The summed E-state index contributed by atoms with van der Waals surface area (Å²) < 4.78 is 104. The van der Waals surface area contributed by atoms with Crippen LogP contribution >= 0.6 is 11.6 Å². The maximum absolute atomic E-state index is 14.7. The van der Waals surface area contributed by atoms with Crippen LogP contribution in [0.3, 0.4) is 0 Å². The second-order valence-electron chi connectivity index (χ2n) is 6.83. The quantitative estimate of drug-likeness (QED) is 0.225. The van der Waals surface area contributed by atoms with Crippen LogP contribution in [0.4, 0.5) is 30.7 Å². The van der Waals surface area contributed by atoms with E-state index in [0.29, 0.717) is 17.7 Å². The van der Waals surface area contributed by atoms with E-state index < -0.39 is 46.5 Å². The van der Waals surface area contributed by atoms with Gasteiger partial charge in [-0.1, -0.05) is 23.7 Å². The average molecular weight is 459 g/mol. The van der Waals surface area contributed by atoms with Crippen molar-refractivity contribution in [3.05, 3.63) is 87.7 Å². The Hall–Kier alpha value is -3.00. The Morgan fingerprint density at radius 3 is 2.19 bits per heavy atom. The van der Waals surface area contributed by atoms with Crippen molar-refractivity contribution >= 4 is 33.1 Å². The fraction of sp³-hybridized carbons (Fsp3) is 0.0909. The SMILES string of the molecule is Cc1ccc2cc(C(F)(F)Oc3ccc4c(F)c(F)c(F)cc4c3)c(F)c(F)c2c1Cl. The molecule has 4 aromatic rings. The Kier molecular flexibility index (Phi) is 5.00. The second-order valence-corrected chi connectivity index (χ2v) is 7.21. The standard InChI is InChI=1S/C22H10ClF7O/c1-9-2-3-10-7-14(19(26)21(28)16(10)17(9)23)22(29,30)31-12-4-5-13-11(6-12)8-15(24)20(27)18(13)25/h2-8H,1H3. The molecule has 0 saturated carbocycles. The molecule has 0 amide bonds. The van der Waals surface area contributed by atoms with Crippen molar-refractivity contribution in [2.24, 2.45) is 0 Å². The van der Waals surface area contributed by atoms with Gasteiger partial charge in [0.25, 0.3) is 0 Å². The molecule has 0 bridgehead atoms. The third-order valence-corrected chi connectivity index (χ3v) is 5.31. The summed E-state index contributed by atoms with van der Waals surface area (Å²) in [5, 5.41) is -1.18. The third-order valence-electron chi connectivity index (χ3n) is 4.82. The van der Waals surface area contributed by atoms with Crippen LogP contribution in [-0.2, 0) is 6.11 Å². The van der Waals surface area contributed by atoms with Crippen molar-refractivity contribution in [1.82, 2.24) is 0 Å². The molecule has 0 fully saturated rings. The van der Waals surface area contributed by atoms with Crippen LogP contribution in [-0.4, -0.2) is 0 Å². The summed E-state index contributed by atoms with van der Waals surface area (Å²) in [7, 11) is 0. The van der Waals surface area contributed by atoms with Gasteiger partial charge in [0, 0.05) is 10.8 Å². The Balaban J connectivity index is 1.80. The van der Waals surface area contributed by atoms with E-state index in [1.807, 2.05) is 0 Å². The molecule has 0 aliphatic carbocycles. The number of ether oxygens (including phenoxy) is 1. The molecule has 0 aliphatic heterocycles. The summed E-state index contributed by atoms with van der Waals surface area (Å²) in [6.07, 6.45) is -4.36. The van der Waals surface area contributed by atoms with Crippen molar-refractivity contribution < 1.29 is 35.5 Å². The molecule has 9 heteroatoms. The summed E-state index contributed by atoms with van der Waals surface area (Å²) in [6, 6.07) is 6.65. The molecule has 0 spiro atoms. The highest BCUT2D eigenvalue weighted by Gasteiger charge is 2.40. The van der Waals surface area contributed by atoms with Gasteiger partial charge in [-0.2, -0.15) is 8.78 Å². The van der Waals surface area contributed by atoms with E-state index in [4.69, 9.17) is 11.6 Å². The number of rotatable bonds is 3. The Bertz CT molecular complexity index is 1370. The highest BCUT2D eigenvalue weighted by atomic mass is 35.5. The molecule has 0 atom stereocenters. The van der Waals surface area contributed by atoms with Crippen LogP contribution < -0.4 is 4.74 Å². The molecule has 4 aromatic carbocycles. The number of aryl methyl sites for hydroxylation is 1. The van der Waals surface area contributed by atoms with Gasteiger partial charge in [-0.05, 0) is 53.6 Å². The van der Waals surface area contributed by atoms with E-state index in [-0.39, 0.29) is 26.6 Å². The molecule has 1 nitrogen and oxygen atoms in total. The minimum absolute atomic E-state index is 0.0779. The topological polar surface area (TPSA) is 9.23 Å². The molecule has 0 aliphatic rings. The van der Waals surface area contributed by atoms with Gasteiger partial charge in [0.1, 0.15) is 11.3 Å². The molecule has 0 N–H and O–H groups in total. The number of hydrogen-bond acceptors (Lipinski definition) is 1.